The third-order valence-electron chi connectivity index (χ3n) is 4.15. The molecule has 0 saturated heterocycles. The minimum atomic E-state index is -0.490. The number of hydrogen-bond donors (Lipinski definition) is 2. The molecule has 3 rings (SSSR count). The van der Waals surface area contributed by atoms with Gasteiger partial charge in [-0.05, 0) is 49.7 Å². The summed E-state index contributed by atoms with van der Waals surface area (Å²) in [7, 11) is 0. The van der Waals surface area contributed by atoms with Crippen LogP contribution in [0.2, 0.25) is 0 Å². The maximum Gasteiger partial charge on any atom is 0.272 e. The summed E-state index contributed by atoms with van der Waals surface area (Å²) in [6.45, 7) is 4.17. The molecular formula is C23H22N2O4. The molecule has 0 fully saturated rings. The average molecular weight is 390 g/mol. The van der Waals surface area contributed by atoms with Gasteiger partial charge in [0.25, 0.3) is 11.8 Å². The van der Waals surface area contributed by atoms with E-state index in [4.69, 9.17) is 9.15 Å². The molecule has 148 valence electrons. The number of nitrogens with one attached hydrogen (secondary N) is 2. The highest BCUT2D eigenvalue weighted by atomic mass is 16.5. The van der Waals surface area contributed by atoms with Gasteiger partial charge in [0.2, 0.25) is 0 Å². The monoisotopic (exact) mass is 390 g/mol. The minimum Gasteiger partial charge on any atom is -0.492 e. The molecule has 1 aromatic heterocycles. The van der Waals surface area contributed by atoms with E-state index in [0.29, 0.717) is 29.4 Å². The SMILES string of the molecule is CCOc1ccccc1NC(=O)/C(=C/c1ccco1)NC(=O)c1ccccc1C. The van der Waals surface area contributed by atoms with Crippen molar-refractivity contribution in [3.8, 4) is 5.75 Å². The van der Waals surface area contributed by atoms with Gasteiger partial charge in [-0.25, -0.2) is 0 Å². The number of amides is 2. The van der Waals surface area contributed by atoms with Gasteiger partial charge in [0.05, 0.1) is 18.6 Å². The van der Waals surface area contributed by atoms with Gasteiger partial charge in [0.1, 0.15) is 17.2 Å². The van der Waals surface area contributed by atoms with Crippen LogP contribution in [0.15, 0.2) is 77.0 Å². The van der Waals surface area contributed by atoms with Crippen LogP contribution in [0.4, 0.5) is 5.69 Å². The van der Waals surface area contributed by atoms with Crippen LogP contribution in [0.25, 0.3) is 6.08 Å². The molecule has 0 unspecified atom stereocenters. The van der Waals surface area contributed by atoms with E-state index in [1.54, 1.807) is 42.5 Å². The number of hydrogen-bond acceptors (Lipinski definition) is 4. The Morgan fingerprint density at radius 1 is 1.03 bits per heavy atom. The summed E-state index contributed by atoms with van der Waals surface area (Å²) in [6, 6.07) is 17.7. The summed E-state index contributed by atoms with van der Waals surface area (Å²) in [4.78, 5) is 25.7. The van der Waals surface area contributed by atoms with Crippen LogP contribution < -0.4 is 15.4 Å². The molecule has 2 N–H and O–H groups in total. The maximum absolute atomic E-state index is 13.0. The molecular weight excluding hydrogens is 368 g/mol. The topological polar surface area (TPSA) is 80.6 Å². The molecule has 6 nitrogen and oxygen atoms in total. The van der Waals surface area contributed by atoms with E-state index in [-0.39, 0.29) is 11.6 Å². The van der Waals surface area contributed by atoms with E-state index in [1.807, 2.05) is 32.0 Å². The van der Waals surface area contributed by atoms with Gasteiger partial charge in [-0.1, -0.05) is 30.3 Å². The van der Waals surface area contributed by atoms with Crippen molar-refractivity contribution in [2.75, 3.05) is 11.9 Å². The molecule has 2 aromatic carbocycles. The van der Waals surface area contributed by atoms with Gasteiger partial charge in [0, 0.05) is 11.6 Å². The first kappa shape index (κ1) is 19.9. The third kappa shape index (κ3) is 5.13. The number of benzene rings is 2. The second-order valence-electron chi connectivity index (χ2n) is 6.23. The molecule has 3 aromatic rings. The normalized spacial score (nSPS) is 11.0. The Bertz CT molecular complexity index is 1020. The molecule has 0 spiro atoms. The molecule has 0 radical (unpaired) electrons. The van der Waals surface area contributed by atoms with E-state index in [1.165, 1.54) is 12.3 Å². The predicted molar refractivity (Wildman–Crippen MR) is 112 cm³/mol. The lowest BCUT2D eigenvalue weighted by Crippen LogP contribution is -2.31. The standard InChI is InChI=1S/C23H22N2O4/c1-3-28-21-13-7-6-12-19(21)24-23(27)20(15-17-10-8-14-29-17)25-22(26)18-11-5-4-9-16(18)2/h4-15H,3H2,1-2H3,(H,24,27)(H,25,26)/b20-15-. The van der Waals surface area contributed by atoms with E-state index in [0.717, 1.165) is 5.56 Å². The lowest BCUT2D eigenvalue weighted by atomic mass is 10.1. The molecule has 0 aliphatic heterocycles. The number of ether oxygens (including phenoxy) is 1. The molecule has 0 aliphatic rings. The molecule has 0 bridgehead atoms. The van der Waals surface area contributed by atoms with Crippen molar-refractivity contribution in [3.05, 3.63) is 89.5 Å². The van der Waals surface area contributed by atoms with Crippen LogP contribution in [0.3, 0.4) is 0 Å². The Hall–Kier alpha value is -3.80. The number of furan rings is 1. The lowest BCUT2D eigenvalue weighted by molar-refractivity contribution is -0.113. The summed E-state index contributed by atoms with van der Waals surface area (Å²) in [5.74, 6) is 0.119. The fourth-order valence-electron chi connectivity index (χ4n) is 2.73. The molecule has 29 heavy (non-hydrogen) atoms. The quantitative estimate of drug-likeness (QED) is 0.586. The molecule has 0 saturated carbocycles. The number of rotatable bonds is 7. The van der Waals surface area contributed by atoms with Gasteiger partial charge in [0.15, 0.2) is 0 Å². The predicted octanol–water partition coefficient (Wildman–Crippen LogP) is 4.40. The number of anilines is 1. The van der Waals surface area contributed by atoms with Crippen LogP contribution in [-0.4, -0.2) is 18.4 Å². The third-order valence-corrected chi connectivity index (χ3v) is 4.15. The van der Waals surface area contributed by atoms with Crippen molar-refractivity contribution in [1.29, 1.82) is 0 Å². The molecule has 2 amide bonds. The average Bonchev–Trinajstić information content (AvgIpc) is 3.22. The zero-order chi connectivity index (χ0) is 20.6. The zero-order valence-electron chi connectivity index (χ0n) is 16.3. The largest absolute Gasteiger partial charge is 0.492 e. The Balaban J connectivity index is 1.87. The van der Waals surface area contributed by atoms with Gasteiger partial charge in [-0.15, -0.1) is 0 Å². The maximum atomic E-state index is 13.0. The first-order valence-electron chi connectivity index (χ1n) is 9.24. The first-order chi connectivity index (χ1) is 14.1. The summed E-state index contributed by atoms with van der Waals surface area (Å²) in [5.41, 5.74) is 1.86. The number of aryl methyl sites for hydroxylation is 1. The molecule has 0 atom stereocenters. The number of para-hydroxylation sites is 2. The number of carbonyl (C=O) groups is 2. The summed E-state index contributed by atoms with van der Waals surface area (Å²) < 4.78 is 10.9. The fraction of sp³-hybridized carbons (Fsp3) is 0.130. The van der Waals surface area contributed by atoms with Crippen LogP contribution in [0.5, 0.6) is 5.75 Å². The van der Waals surface area contributed by atoms with Crippen molar-refractivity contribution in [1.82, 2.24) is 5.32 Å². The van der Waals surface area contributed by atoms with Gasteiger partial charge < -0.3 is 19.8 Å². The second-order valence-corrected chi connectivity index (χ2v) is 6.23. The van der Waals surface area contributed by atoms with Crippen LogP contribution in [-0.2, 0) is 4.79 Å². The van der Waals surface area contributed by atoms with Crippen LogP contribution >= 0.6 is 0 Å². The Labute approximate surface area is 169 Å². The highest BCUT2D eigenvalue weighted by Crippen LogP contribution is 2.24. The summed E-state index contributed by atoms with van der Waals surface area (Å²) in [5, 5.41) is 5.48. The van der Waals surface area contributed by atoms with Crippen molar-refractivity contribution in [2.24, 2.45) is 0 Å². The van der Waals surface area contributed by atoms with Crippen LogP contribution in [0, 0.1) is 6.92 Å². The smallest absolute Gasteiger partial charge is 0.272 e. The van der Waals surface area contributed by atoms with Gasteiger partial charge in [-0.2, -0.15) is 0 Å². The van der Waals surface area contributed by atoms with Gasteiger partial charge in [-0.3, -0.25) is 9.59 Å². The summed E-state index contributed by atoms with van der Waals surface area (Å²) >= 11 is 0. The van der Waals surface area contributed by atoms with Crippen molar-refractivity contribution >= 4 is 23.6 Å². The molecule has 6 heteroatoms. The Kier molecular flexibility index (Phi) is 6.47. The Morgan fingerprint density at radius 3 is 2.52 bits per heavy atom. The van der Waals surface area contributed by atoms with Crippen molar-refractivity contribution in [2.45, 2.75) is 13.8 Å². The summed E-state index contributed by atoms with van der Waals surface area (Å²) in [6.07, 6.45) is 2.98. The van der Waals surface area contributed by atoms with E-state index < -0.39 is 5.91 Å². The highest BCUT2D eigenvalue weighted by Gasteiger charge is 2.18. The molecule has 1 heterocycles. The van der Waals surface area contributed by atoms with E-state index in [9.17, 15) is 9.59 Å². The zero-order valence-corrected chi connectivity index (χ0v) is 16.3. The minimum absolute atomic E-state index is 0.0551. The van der Waals surface area contributed by atoms with Crippen LogP contribution in [0.1, 0.15) is 28.6 Å². The lowest BCUT2D eigenvalue weighted by Gasteiger charge is -2.14. The molecule has 0 aliphatic carbocycles. The van der Waals surface area contributed by atoms with Gasteiger partial charge >= 0.3 is 0 Å². The van der Waals surface area contributed by atoms with Crippen molar-refractivity contribution in [3.63, 3.8) is 0 Å². The number of carbonyl (C=O) groups excluding carboxylic acids is 2. The van der Waals surface area contributed by atoms with E-state index >= 15 is 0 Å². The highest BCUT2D eigenvalue weighted by molar-refractivity contribution is 6.11. The van der Waals surface area contributed by atoms with Crippen molar-refractivity contribution < 1.29 is 18.7 Å². The fourth-order valence-corrected chi connectivity index (χ4v) is 2.73. The van der Waals surface area contributed by atoms with E-state index in [2.05, 4.69) is 10.6 Å². The second kappa shape index (κ2) is 9.41. The first-order valence-corrected chi connectivity index (χ1v) is 9.24. The Morgan fingerprint density at radius 2 is 1.79 bits per heavy atom.